The molecule has 1 saturated heterocycles. The van der Waals surface area contributed by atoms with Crippen LogP contribution in [0.3, 0.4) is 0 Å². The summed E-state index contributed by atoms with van der Waals surface area (Å²) in [4.78, 5) is 23.7. The maximum absolute atomic E-state index is 12.6. The van der Waals surface area contributed by atoms with Crippen molar-refractivity contribution in [2.24, 2.45) is 5.92 Å². The van der Waals surface area contributed by atoms with Crippen LogP contribution in [0, 0.1) is 5.92 Å². The molecule has 1 aromatic carbocycles. The van der Waals surface area contributed by atoms with Crippen molar-refractivity contribution in [3.05, 3.63) is 47.6 Å². The zero-order chi connectivity index (χ0) is 19.5. The molecule has 0 N–H and O–H groups in total. The number of rotatable bonds is 7. The van der Waals surface area contributed by atoms with Gasteiger partial charge in [0.05, 0.1) is 16.3 Å². The lowest BCUT2D eigenvalue weighted by Gasteiger charge is -2.17. The van der Waals surface area contributed by atoms with Crippen LogP contribution < -0.4 is 9.64 Å². The lowest BCUT2D eigenvalue weighted by molar-refractivity contribution is -0.119. The maximum Gasteiger partial charge on any atom is 0.150 e. The summed E-state index contributed by atoms with van der Waals surface area (Å²) in [6.45, 7) is 5.85. The molecule has 1 atom stereocenters. The minimum atomic E-state index is 0.156. The second-order valence-electron chi connectivity index (χ2n) is 7.66. The van der Waals surface area contributed by atoms with E-state index < -0.39 is 0 Å². The Balaban J connectivity index is 1.33. The molecule has 2 aromatic heterocycles. The summed E-state index contributed by atoms with van der Waals surface area (Å²) in [5.41, 5.74) is 2.05. The van der Waals surface area contributed by atoms with Gasteiger partial charge in [-0.1, -0.05) is 12.1 Å². The Labute approximate surface area is 169 Å². The van der Waals surface area contributed by atoms with Crippen LogP contribution in [-0.2, 0) is 11.2 Å². The van der Waals surface area contributed by atoms with Gasteiger partial charge in [0.2, 0.25) is 0 Å². The molecule has 0 spiro atoms. The van der Waals surface area contributed by atoms with Crippen LogP contribution in [0.25, 0.3) is 10.2 Å². The predicted octanol–water partition coefficient (Wildman–Crippen LogP) is 4.51. The number of nitrogens with zero attached hydrogens (tertiary/aromatic N) is 3. The fourth-order valence-electron chi connectivity index (χ4n) is 3.77. The second kappa shape index (κ2) is 8.27. The summed E-state index contributed by atoms with van der Waals surface area (Å²) in [5, 5.41) is 2.05. The van der Waals surface area contributed by atoms with Crippen molar-refractivity contribution in [2.75, 3.05) is 18.0 Å². The van der Waals surface area contributed by atoms with Gasteiger partial charge in [-0.05, 0) is 55.3 Å². The minimum Gasteiger partial charge on any atom is -0.491 e. The number of carbonyl (C=O) groups excluding carboxylic acids is 1. The number of benzene rings is 1. The average Bonchev–Trinajstić information content (AvgIpc) is 3.32. The van der Waals surface area contributed by atoms with Crippen LogP contribution in [-0.4, -0.2) is 34.9 Å². The lowest BCUT2D eigenvalue weighted by Crippen LogP contribution is -2.22. The van der Waals surface area contributed by atoms with E-state index in [0.29, 0.717) is 24.5 Å². The van der Waals surface area contributed by atoms with E-state index in [0.717, 1.165) is 46.9 Å². The zero-order valence-corrected chi connectivity index (χ0v) is 17.1. The third kappa shape index (κ3) is 4.33. The fraction of sp³-hybridized carbons (Fsp3) is 0.409. The third-order valence-corrected chi connectivity index (χ3v) is 5.92. The van der Waals surface area contributed by atoms with Gasteiger partial charge < -0.3 is 9.64 Å². The second-order valence-corrected chi connectivity index (χ2v) is 8.58. The number of ether oxygens (including phenoxy) is 1. The molecule has 1 aliphatic rings. The molecule has 28 heavy (non-hydrogen) atoms. The zero-order valence-electron chi connectivity index (χ0n) is 16.3. The number of fused-ring (bicyclic) bond motifs is 1. The van der Waals surface area contributed by atoms with Crippen molar-refractivity contribution < 1.29 is 9.53 Å². The monoisotopic (exact) mass is 395 g/mol. The number of ketones is 1. The first-order chi connectivity index (χ1) is 13.6. The molecule has 0 saturated carbocycles. The van der Waals surface area contributed by atoms with Gasteiger partial charge in [0.15, 0.2) is 0 Å². The predicted molar refractivity (Wildman–Crippen MR) is 113 cm³/mol. The highest BCUT2D eigenvalue weighted by molar-refractivity contribution is 7.17. The van der Waals surface area contributed by atoms with Gasteiger partial charge >= 0.3 is 0 Å². The van der Waals surface area contributed by atoms with Crippen LogP contribution in [0.4, 0.5) is 5.82 Å². The van der Waals surface area contributed by atoms with Crippen molar-refractivity contribution >= 4 is 33.2 Å². The Morgan fingerprint density at radius 2 is 2.07 bits per heavy atom. The summed E-state index contributed by atoms with van der Waals surface area (Å²) in [6, 6.07) is 9.90. The van der Waals surface area contributed by atoms with E-state index in [9.17, 15) is 4.79 Å². The first-order valence-corrected chi connectivity index (χ1v) is 10.7. The first-order valence-electron chi connectivity index (χ1n) is 9.79. The van der Waals surface area contributed by atoms with Crippen LogP contribution in [0.5, 0.6) is 5.75 Å². The highest BCUT2D eigenvalue weighted by Crippen LogP contribution is 2.32. The van der Waals surface area contributed by atoms with Gasteiger partial charge in [-0.25, -0.2) is 9.97 Å². The molecular formula is C22H25N3O2S. The van der Waals surface area contributed by atoms with Crippen molar-refractivity contribution in [2.45, 2.75) is 39.2 Å². The Morgan fingerprint density at radius 1 is 1.25 bits per heavy atom. The summed E-state index contributed by atoms with van der Waals surface area (Å²) >= 11 is 1.68. The first kappa shape index (κ1) is 18.9. The number of anilines is 1. The van der Waals surface area contributed by atoms with Crippen LogP contribution in [0.1, 0.15) is 32.3 Å². The molecule has 1 fully saturated rings. The van der Waals surface area contributed by atoms with Gasteiger partial charge in [-0.15, -0.1) is 11.3 Å². The van der Waals surface area contributed by atoms with Crippen LogP contribution in [0.15, 0.2) is 42.0 Å². The molecule has 146 valence electrons. The number of aromatic nitrogens is 2. The van der Waals surface area contributed by atoms with Crippen molar-refractivity contribution in [1.82, 2.24) is 9.97 Å². The number of hydrogen-bond acceptors (Lipinski definition) is 6. The molecule has 0 aliphatic carbocycles. The molecule has 0 bridgehead atoms. The van der Waals surface area contributed by atoms with E-state index in [2.05, 4.69) is 20.2 Å². The summed E-state index contributed by atoms with van der Waals surface area (Å²) < 4.78 is 6.80. The molecule has 5 nitrogen and oxygen atoms in total. The molecule has 1 unspecified atom stereocenters. The third-order valence-electron chi connectivity index (χ3n) is 5.02. The highest BCUT2D eigenvalue weighted by Gasteiger charge is 2.26. The SMILES string of the molecule is CC(C)Oc1ccc(CC(=O)CC2CCN(c3ncnc4ccsc34)C2)cc1. The van der Waals surface area contributed by atoms with Crippen molar-refractivity contribution in [3.8, 4) is 5.75 Å². The van der Waals surface area contributed by atoms with E-state index in [4.69, 9.17) is 4.74 Å². The number of carbonyl (C=O) groups is 1. The lowest BCUT2D eigenvalue weighted by atomic mass is 9.98. The van der Waals surface area contributed by atoms with E-state index in [1.807, 2.05) is 44.2 Å². The van der Waals surface area contributed by atoms with E-state index in [1.54, 1.807) is 17.7 Å². The molecule has 4 rings (SSSR count). The number of Topliss-reactive ketones (excluding diaryl/α,β-unsaturated/α-hetero) is 1. The average molecular weight is 396 g/mol. The molecule has 0 amide bonds. The Kier molecular flexibility index (Phi) is 5.57. The van der Waals surface area contributed by atoms with Gasteiger partial charge in [-0.2, -0.15) is 0 Å². The maximum atomic E-state index is 12.6. The smallest absolute Gasteiger partial charge is 0.150 e. The Morgan fingerprint density at radius 3 is 2.86 bits per heavy atom. The normalized spacial score (nSPS) is 16.8. The van der Waals surface area contributed by atoms with Gasteiger partial charge in [0.25, 0.3) is 0 Å². The number of hydrogen-bond donors (Lipinski definition) is 0. The molecule has 0 radical (unpaired) electrons. The summed E-state index contributed by atoms with van der Waals surface area (Å²) in [6.07, 6.45) is 3.93. The molecule has 3 heterocycles. The largest absolute Gasteiger partial charge is 0.491 e. The van der Waals surface area contributed by atoms with Gasteiger partial charge in [0, 0.05) is 25.9 Å². The fourth-order valence-corrected chi connectivity index (χ4v) is 4.63. The van der Waals surface area contributed by atoms with Gasteiger partial charge in [0.1, 0.15) is 23.7 Å². The van der Waals surface area contributed by atoms with Crippen LogP contribution in [0.2, 0.25) is 0 Å². The summed E-state index contributed by atoms with van der Waals surface area (Å²) in [5.74, 6) is 2.55. The molecule has 3 aromatic rings. The standard InChI is InChI=1S/C22H25N3O2S/c1-15(2)27-19-5-3-16(4-6-19)11-18(26)12-17-7-9-25(13-17)22-21-20(8-10-28-21)23-14-24-22/h3-6,8,10,14-15,17H,7,9,11-13H2,1-2H3. The van der Waals surface area contributed by atoms with E-state index >= 15 is 0 Å². The highest BCUT2D eigenvalue weighted by atomic mass is 32.1. The molecular weight excluding hydrogens is 370 g/mol. The quantitative estimate of drug-likeness (QED) is 0.589. The van der Waals surface area contributed by atoms with E-state index in [1.165, 1.54) is 0 Å². The molecule has 6 heteroatoms. The van der Waals surface area contributed by atoms with Crippen LogP contribution >= 0.6 is 11.3 Å². The van der Waals surface area contributed by atoms with Gasteiger partial charge in [-0.3, -0.25) is 4.79 Å². The Hall–Kier alpha value is -2.47. The van der Waals surface area contributed by atoms with E-state index in [-0.39, 0.29) is 6.10 Å². The minimum absolute atomic E-state index is 0.156. The molecule has 1 aliphatic heterocycles. The topological polar surface area (TPSA) is 55.3 Å². The van der Waals surface area contributed by atoms with Crippen molar-refractivity contribution in [3.63, 3.8) is 0 Å². The van der Waals surface area contributed by atoms with Crippen molar-refractivity contribution in [1.29, 1.82) is 0 Å². The Bertz CT molecular complexity index is 952. The number of thiophene rings is 1. The summed E-state index contributed by atoms with van der Waals surface area (Å²) in [7, 11) is 0.